The third-order valence-electron chi connectivity index (χ3n) is 2.96. The van der Waals surface area contributed by atoms with Gasteiger partial charge in [0.2, 0.25) is 0 Å². The largest absolute Gasteiger partial charge is 0.478 e. The number of aromatic carboxylic acids is 1. The molecule has 0 aromatic heterocycles. The molecule has 130 valence electrons. The minimum Gasteiger partial charge on any atom is -0.478 e. The minimum absolute atomic E-state index is 0.223. The fourth-order valence-corrected chi connectivity index (χ4v) is 2.13. The second-order valence-corrected chi connectivity index (χ2v) is 5.52. The number of nitro benzene ring substituents is 1. The maximum atomic E-state index is 11.9. The summed E-state index contributed by atoms with van der Waals surface area (Å²) in [5.74, 6) is -2.12. The van der Waals surface area contributed by atoms with E-state index in [1.54, 1.807) is 0 Å². The van der Waals surface area contributed by atoms with Crippen molar-refractivity contribution in [2.24, 2.45) is 0 Å². The monoisotopic (exact) mass is 384 g/mol. The van der Waals surface area contributed by atoms with E-state index >= 15 is 0 Å². The highest BCUT2D eigenvalue weighted by molar-refractivity contribution is 6.42. The number of anilines is 1. The number of carboxylic acids is 1. The molecule has 2 rings (SSSR count). The van der Waals surface area contributed by atoms with Gasteiger partial charge in [-0.2, -0.15) is 0 Å². The molecule has 0 aliphatic rings. The first-order valence-electron chi connectivity index (χ1n) is 6.67. The van der Waals surface area contributed by atoms with Crippen LogP contribution in [-0.4, -0.2) is 28.5 Å². The summed E-state index contributed by atoms with van der Waals surface area (Å²) in [6.45, 7) is -0.520. The van der Waals surface area contributed by atoms with Gasteiger partial charge in [0.05, 0.1) is 20.5 Å². The minimum atomic E-state index is -1.31. The number of hydrogen-bond donors (Lipinski definition) is 2. The number of carbonyl (C=O) groups is 2. The predicted octanol–water partition coefficient (Wildman–Crippen LogP) is 3.62. The molecule has 0 heterocycles. The number of benzene rings is 2. The average molecular weight is 385 g/mol. The number of amides is 1. The molecule has 1 amide bonds. The molecule has 0 aliphatic heterocycles. The number of ether oxygens (including phenoxy) is 1. The van der Waals surface area contributed by atoms with Gasteiger partial charge in [-0.15, -0.1) is 0 Å². The van der Waals surface area contributed by atoms with E-state index in [4.69, 9.17) is 33.0 Å². The molecule has 8 nitrogen and oxygen atoms in total. The van der Waals surface area contributed by atoms with E-state index in [9.17, 15) is 19.7 Å². The second kappa shape index (κ2) is 7.82. The summed E-state index contributed by atoms with van der Waals surface area (Å²) in [5.41, 5.74) is -0.444. The predicted molar refractivity (Wildman–Crippen MR) is 90.6 cm³/mol. The van der Waals surface area contributed by atoms with Crippen molar-refractivity contribution in [2.75, 3.05) is 11.9 Å². The van der Waals surface area contributed by atoms with E-state index in [1.165, 1.54) is 18.2 Å². The number of halogens is 2. The van der Waals surface area contributed by atoms with Crippen LogP contribution < -0.4 is 10.1 Å². The smallest absolute Gasteiger partial charge is 0.335 e. The Balaban J connectivity index is 2.07. The lowest BCUT2D eigenvalue weighted by Gasteiger charge is -2.09. The van der Waals surface area contributed by atoms with Crippen LogP contribution in [0.2, 0.25) is 10.0 Å². The molecule has 0 saturated carbocycles. The Labute approximate surface area is 151 Å². The van der Waals surface area contributed by atoms with Crippen LogP contribution in [0.25, 0.3) is 0 Å². The Morgan fingerprint density at radius 3 is 2.48 bits per heavy atom. The summed E-state index contributed by atoms with van der Waals surface area (Å²) in [4.78, 5) is 32.9. The van der Waals surface area contributed by atoms with Crippen LogP contribution in [-0.2, 0) is 4.79 Å². The number of hydrogen-bond acceptors (Lipinski definition) is 5. The number of nitrogens with one attached hydrogen (secondary N) is 1. The van der Waals surface area contributed by atoms with Gasteiger partial charge >= 0.3 is 11.7 Å². The Bertz CT molecular complexity index is 856. The van der Waals surface area contributed by atoms with Gasteiger partial charge in [-0.05, 0) is 30.3 Å². The topological polar surface area (TPSA) is 119 Å². The molecule has 0 bridgehead atoms. The summed E-state index contributed by atoms with van der Waals surface area (Å²) >= 11 is 11.6. The summed E-state index contributed by atoms with van der Waals surface area (Å²) in [5, 5.41) is 22.9. The molecule has 0 atom stereocenters. The van der Waals surface area contributed by atoms with Crippen molar-refractivity contribution in [1.29, 1.82) is 0 Å². The Morgan fingerprint density at radius 1 is 1.16 bits per heavy atom. The number of carbonyl (C=O) groups excluding carboxylic acids is 1. The first-order valence-corrected chi connectivity index (χ1v) is 7.43. The zero-order valence-corrected chi connectivity index (χ0v) is 13.9. The van der Waals surface area contributed by atoms with Crippen LogP contribution >= 0.6 is 23.2 Å². The normalized spacial score (nSPS) is 10.2. The summed E-state index contributed by atoms with van der Waals surface area (Å²) in [7, 11) is 0. The lowest BCUT2D eigenvalue weighted by Crippen LogP contribution is -2.20. The first kappa shape index (κ1) is 18.5. The van der Waals surface area contributed by atoms with E-state index in [2.05, 4.69) is 5.32 Å². The van der Waals surface area contributed by atoms with Gasteiger partial charge in [-0.25, -0.2) is 4.79 Å². The van der Waals surface area contributed by atoms with Crippen LogP contribution in [0.4, 0.5) is 11.4 Å². The molecule has 0 aliphatic carbocycles. The second-order valence-electron chi connectivity index (χ2n) is 4.71. The van der Waals surface area contributed by atoms with Crippen LogP contribution in [0.5, 0.6) is 5.75 Å². The quantitative estimate of drug-likeness (QED) is 0.579. The Morgan fingerprint density at radius 2 is 1.88 bits per heavy atom. The fourth-order valence-electron chi connectivity index (χ4n) is 1.83. The molecule has 0 unspecified atom stereocenters. The highest BCUT2D eigenvalue weighted by Crippen LogP contribution is 2.28. The molecule has 2 aromatic carbocycles. The zero-order valence-electron chi connectivity index (χ0n) is 12.4. The number of nitrogens with zero attached hydrogens (tertiary/aromatic N) is 1. The average Bonchev–Trinajstić information content (AvgIpc) is 2.56. The molecule has 25 heavy (non-hydrogen) atoms. The van der Waals surface area contributed by atoms with Crippen molar-refractivity contribution < 1.29 is 24.4 Å². The Kier molecular flexibility index (Phi) is 5.79. The van der Waals surface area contributed by atoms with Gasteiger partial charge < -0.3 is 15.2 Å². The molecule has 10 heteroatoms. The summed E-state index contributed by atoms with van der Waals surface area (Å²) < 4.78 is 5.12. The van der Waals surface area contributed by atoms with Gasteiger partial charge in [0.1, 0.15) is 0 Å². The van der Waals surface area contributed by atoms with Crippen molar-refractivity contribution in [1.82, 2.24) is 0 Å². The van der Waals surface area contributed by atoms with Crippen molar-refractivity contribution in [3.63, 3.8) is 0 Å². The van der Waals surface area contributed by atoms with E-state index in [0.29, 0.717) is 10.7 Å². The Hall–Kier alpha value is -2.84. The molecule has 2 N–H and O–H groups in total. The number of carboxylic acid groups (broad SMARTS) is 1. The maximum absolute atomic E-state index is 11.9. The van der Waals surface area contributed by atoms with Crippen LogP contribution in [0.15, 0.2) is 36.4 Å². The van der Waals surface area contributed by atoms with E-state index < -0.39 is 29.1 Å². The SMILES string of the molecule is O=C(COc1ccc(C(=O)O)cc1[N+](=O)[O-])Nc1ccc(Cl)c(Cl)c1. The van der Waals surface area contributed by atoms with Crippen molar-refractivity contribution in [3.8, 4) is 5.75 Å². The lowest BCUT2D eigenvalue weighted by molar-refractivity contribution is -0.385. The highest BCUT2D eigenvalue weighted by atomic mass is 35.5. The van der Waals surface area contributed by atoms with Crippen LogP contribution in [0, 0.1) is 10.1 Å². The maximum Gasteiger partial charge on any atom is 0.335 e. The lowest BCUT2D eigenvalue weighted by atomic mass is 10.2. The zero-order chi connectivity index (χ0) is 18.6. The van der Waals surface area contributed by atoms with Crippen LogP contribution in [0.3, 0.4) is 0 Å². The molecule has 2 aromatic rings. The van der Waals surface area contributed by atoms with Gasteiger partial charge in [-0.1, -0.05) is 23.2 Å². The molecule has 0 radical (unpaired) electrons. The highest BCUT2D eigenvalue weighted by Gasteiger charge is 2.19. The van der Waals surface area contributed by atoms with Gasteiger partial charge in [-0.3, -0.25) is 14.9 Å². The van der Waals surface area contributed by atoms with E-state index in [-0.39, 0.29) is 16.3 Å². The fraction of sp³-hybridized carbons (Fsp3) is 0.0667. The van der Waals surface area contributed by atoms with Crippen LogP contribution in [0.1, 0.15) is 10.4 Å². The molecular formula is C15H10Cl2N2O6. The summed E-state index contributed by atoms with van der Waals surface area (Å²) in [6.07, 6.45) is 0. The number of rotatable bonds is 6. The van der Waals surface area contributed by atoms with Crippen molar-refractivity contribution >= 4 is 46.5 Å². The molecule has 0 fully saturated rings. The van der Waals surface area contributed by atoms with Gasteiger partial charge in [0, 0.05) is 11.8 Å². The van der Waals surface area contributed by atoms with Crippen molar-refractivity contribution in [2.45, 2.75) is 0 Å². The summed E-state index contributed by atoms with van der Waals surface area (Å²) in [6, 6.07) is 7.57. The van der Waals surface area contributed by atoms with Gasteiger partial charge in [0.15, 0.2) is 12.4 Å². The molecular weight excluding hydrogens is 375 g/mol. The third kappa shape index (κ3) is 4.82. The van der Waals surface area contributed by atoms with E-state index in [0.717, 1.165) is 18.2 Å². The van der Waals surface area contributed by atoms with E-state index in [1.807, 2.05) is 0 Å². The first-order chi connectivity index (χ1) is 11.8. The standard InChI is InChI=1S/C15H10Cl2N2O6/c16-10-3-2-9(6-11(10)17)18-14(20)7-25-13-4-1-8(15(21)22)5-12(13)19(23)24/h1-6H,7H2,(H,18,20)(H,21,22). The molecule has 0 saturated heterocycles. The molecule has 0 spiro atoms. The third-order valence-corrected chi connectivity index (χ3v) is 3.70. The number of nitro groups is 1. The van der Waals surface area contributed by atoms with Crippen molar-refractivity contribution in [3.05, 3.63) is 62.1 Å². The van der Waals surface area contributed by atoms with Gasteiger partial charge in [0.25, 0.3) is 5.91 Å².